The SMILES string of the molecule is CC1(C)CCc2cc(C(=O)OF)ccc2O1. The molecule has 1 aliphatic heterocycles. The molecule has 3 nitrogen and oxygen atoms in total. The Bertz CT molecular complexity index is 426. The third kappa shape index (κ3) is 2.01. The van der Waals surface area contributed by atoms with Gasteiger partial charge in [-0.1, -0.05) is 0 Å². The number of hydrogen-bond acceptors (Lipinski definition) is 3. The monoisotopic (exact) mass is 224 g/mol. The van der Waals surface area contributed by atoms with Gasteiger partial charge in [0.25, 0.3) is 0 Å². The number of benzene rings is 1. The zero-order valence-corrected chi connectivity index (χ0v) is 9.25. The summed E-state index contributed by atoms with van der Waals surface area (Å²) in [6.07, 6.45) is 1.68. The van der Waals surface area contributed by atoms with Crippen molar-refractivity contribution in [2.75, 3.05) is 0 Å². The van der Waals surface area contributed by atoms with Gasteiger partial charge >= 0.3 is 5.97 Å². The lowest BCUT2D eigenvalue weighted by atomic mass is 9.93. The number of aryl methyl sites for hydroxylation is 1. The molecule has 0 amide bonds. The lowest BCUT2D eigenvalue weighted by Gasteiger charge is -2.32. The third-order valence-electron chi connectivity index (χ3n) is 2.75. The highest BCUT2D eigenvalue weighted by atomic mass is 19.3. The van der Waals surface area contributed by atoms with Crippen molar-refractivity contribution >= 4 is 5.97 Å². The minimum absolute atomic E-state index is 0.185. The summed E-state index contributed by atoms with van der Waals surface area (Å²) in [7, 11) is 0. The highest BCUT2D eigenvalue weighted by Crippen LogP contribution is 2.33. The van der Waals surface area contributed by atoms with Gasteiger partial charge in [0, 0.05) is 4.53 Å². The predicted molar refractivity (Wildman–Crippen MR) is 56.0 cm³/mol. The van der Waals surface area contributed by atoms with E-state index in [2.05, 4.69) is 4.94 Å². The first-order chi connectivity index (χ1) is 7.52. The molecule has 0 aliphatic carbocycles. The molecule has 0 radical (unpaired) electrons. The summed E-state index contributed by atoms with van der Waals surface area (Å²) in [6, 6.07) is 4.80. The number of ether oxygens (including phenoxy) is 1. The second-order valence-corrected chi connectivity index (χ2v) is 4.55. The normalized spacial score (nSPS) is 17.2. The minimum Gasteiger partial charge on any atom is -0.488 e. The van der Waals surface area contributed by atoms with Gasteiger partial charge in [-0.15, -0.1) is 0 Å². The Balaban J connectivity index is 2.32. The fourth-order valence-electron chi connectivity index (χ4n) is 1.83. The summed E-state index contributed by atoms with van der Waals surface area (Å²) in [5.74, 6) is -0.209. The molecule has 86 valence electrons. The first kappa shape index (κ1) is 10.9. The van der Waals surface area contributed by atoms with E-state index in [9.17, 15) is 9.32 Å². The molecule has 1 heterocycles. The lowest BCUT2D eigenvalue weighted by molar-refractivity contribution is -0.0788. The number of carbonyl (C=O) groups is 1. The average Bonchev–Trinajstić information content (AvgIpc) is 2.26. The van der Waals surface area contributed by atoms with Crippen LogP contribution in [0.2, 0.25) is 0 Å². The van der Waals surface area contributed by atoms with Crippen molar-refractivity contribution < 1.29 is 19.0 Å². The van der Waals surface area contributed by atoms with Crippen LogP contribution < -0.4 is 4.74 Å². The van der Waals surface area contributed by atoms with E-state index in [-0.39, 0.29) is 11.2 Å². The van der Waals surface area contributed by atoms with Crippen molar-refractivity contribution in [1.29, 1.82) is 0 Å². The van der Waals surface area contributed by atoms with Crippen molar-refractivity contribution in [1.82, 2.24) is 0 Å². The van der Waals surface area contributed by atoms with Crippen molar-refractivity contribution in [2.24, 2.45) is 0 Å². The maximum atomic E-state index is 11.7. The molecule has 0 saturated carbocycles. The van der Waals surface area contributed by atoms with Gasteiger partial charge in [0.15, 0.2) is 0 Å². The van der Waals surface area contributed by atoms with Gasteiger partial charge in [-0.2, -0.15) is 0 Å². The summed E-state index contributed by atoms with van der Waals surface area (Å²) < 4.78 is 17.5. The van der Waals surface area contributed by atoms with Crippen LogP contribution in [0.25, 0.3) is 0 Å². The van der Waals surface area contributed by atoms with E-state index in [1.807, 2.05) is 13.8 Å². The first-order valence-electron chi connectivity index (χ1n) is 5.17. The minimum atomic E-state index is -0.965. The van der Waals surface area contributed by atoms with Crippen LogP contribution in [0.15, 0.2) is 18.2 Å². The molecule has 0 unspecified atom stereocenters. The van der Waals surface area contributed by atoms with E-state index in [1.165, 1.54) is 6.07 Å². The Morgan fingerprint density at radius 1 is 1.50 bits per heavy atom. The second kappa shape index (κ2) is 3.77. The van der Waals surface area contributed by atoms with E-state index in [0.29, 0.717) is 0 Å². The summed E-state index contributed by atoms with van der Waals surface area (Å²) in [4.78, 5) is 14.2. The number of carbonyl (C=O) groups excluding carboxylic acids is 1. The predicted octanol–water partition coefficient (Wildman–Crippen LogP) is 2.83. The van der Waals surface area contributed by atoms with Crippen molar-refractivity contribution in [3.8, 4) is 5.75 Å². The Labute approximate surface area is 93.1 Å². The molecule has 0 N–H and O–H groups in total. The van der Waals surface area contributed by atoms with Crippen LogP contribution in [0, 0.1) is 0 Å². The van der Waals surface area contributed by atoms with Crippen LogP contribution >= 0.6 is 0 Å². The molecular weight excluding hydrogens is 211 g/mol. The molecule has 2 rings (SSSR count). The maximum absolute atomic E-state index is 11.7. The van der Waals surface area contributed by atoms with Crippen LogP contribution in [0.5, 0.6) is 5.75 Å². The molecule has 0 bridgehead atoms. The molecule has 16 heavy (non-hydrogen) atoms. The van der Waals surface area contributed by atoms with Crippen LogP contribution in [-0.2, 0) is 11.4 Å². The van der Waals surface area contributed by atoms with Crippen LogP contribution in [0.4, 0.5) is 4.53 Å². The molecule has 0 saturated heterocycles. The van der Waals surface area contributed by atoms with Gasteiger partial charge in [-0.05, 0) is 50.5 Å². The quantitative estimate of drug-likeness (QED) is 0.735. The van der Waals surface area contributed by atoms with Gasteiger partial charge in [0.05, 0.1) is 5.56 Å². The highest BCUT2D eigenvalue weighted by molar-refractivity contribution is 5.89. The van der Waals surface area contributed by atoms with E-state index in [1.54, 1.807) is 12.1 Å². The lowest BCUT2D eigenvalue weighted by Crippen LogP contribution is -2.32. The molecule has 4 heteroatoms. The first-order valence-corrected chi connectivity index (χ1v) is 5.17. The molecular formula is C12H13FO3. The largest absolute Gasteiger partial charge is 0.488 e. The maximum Gasteiger partial charge on any atom is 0.379 e. The number of rotatable bonds is 1. The number of hydrogen-bond donors (Lipinski definition) is 0. The van der Waals surface area contributed by atoms with Crippen LogP contribution in [0.3, 0.4) is 0 Å². The molecule has 0 fully saturated rings. The molecule has 0 spiro atoms. The van der Waals surface area contributed by atoms with Gasteiger partial charge in [-0.3, -0.25) is 0 Å². The van der Waals surface area contributed by atoms with Gasteiger partial charge in [0.1, 0.15) is 11.4 Å². The van der Waals surface area contributed by atoms with Gasteiger partial charge in [-0.25, -0.2) is 9.74 Å². The van der Waals surface area contributed by atoms with Crippen LogP contribution in [-0.4, -0.2) is 11.6 Å². The van der Waals surface area contributed by atoms with E-state index in [4.69, 9.17) is 4.74 Å². The standard InChI is InChI=1S/C12H13FO3/c1-12(2)6-5-8-7-9(11(14)16-13)3-4-10(8)15-12/h3-4,7H,5-6H2,1-2H3. The van der Waals surface area contributed by atoms with Crippen molar-refractivity contribution in [3.05, 3.63) is 29.3 Å². The van der Waals surface area contributed by atoms with E-state index < -0.39 is 5.97 Å². The summed E-state index contributed by atoms with van der Waals surface area (Å²) in [5, 5.41) is 0. The summed E-state index contributed by atoms with van der Waals surface area (Å²) in [6.45, 7) is 4.03. The Morgan fingerprint density at radius 2 is 2.25 bits per heavy atom. The molecule has 1 aliphatic rings. The Hall–Kier alpha value is -1.58. The van der Waals surface area contributed by atoms with E-state index >= 15 is 0 Å². The van der Waals surface area contributed by atoms with E-state index in [0.717, 1.165) is 24.2 Å². The fourth-order valence-corrected chi connectivity index (χ4v) is 1.83. The smallest absolute Gasteiger partial charge is 0.379 e. The van der Waals surface area contributed by atoms with Gasteiger partial charge in [0.2, 0.25) is 0 Å². The Morgan fingerprint density at radius 3 is 2.94 bits per heavy atom. The Kier molecular flexibility index (Phi) is 2.58. The topological polar surface area (TPSA) is 35.5 Å². The van der Waals surface area contributed by atoms with Gasteiger partial charge < -0.3 is 4.74 Å². The molecule has 0 aromatic heterocycles. The number of fused-ring (bicyclic) bond motifs is 1. The zero-order chi connectivity index (χ0) is 11.8. The third-order valence-corrected chi connectivity index (χ3v) is 2.75. The number of halogens is 1. The zero-order valence-electron chi connectivity index (χ0n) is 9.25. The van der Waals surface area contributed by atoms with Crippen LogP contribution in [0.1, 0.15) is 36.2 Å². The molecule has 1 aromatic carbocycles. The van der Waals surface area contributed by atoms with Crippen molar-refractivity contribution in [3.63, 3.8) is 0 Å². The second-order valence-electron chi connectivity index (χ2n) is 4.55. The highest BCUT2D eigenvalue weighted by Gasteiger charge is 2.27. The fraction of sp³-hybridized carbons (Fsp3) is 0.417. The molecule has 0 atom stereocenters. The average molecular weight is 224 g/mol. The summed E-state index contributed by atoms with van der Waals surface area (Å²) in [5.41, 5.74) is 0.946. The summed E-state index contributed by atoms with van der Waals surface area (Å²) >= 11 is 0. The molecule has 1 aromatic rings. The van der Waals surface area contributed by atoms with Crippen molar-refractivity contribution in [2.45, 2.75) is 32.3 Å².